The van der Waals surface area contributed by atoms with Gasteiger partial charge in [0, 0.05) is 26.4 Å². The molecule has 1 heterocycles. The third-order valence-electron chi connectivity index (χ3n) is 3.12. The third kappa shape index (κ3) is 2.94. The summed E-state index contributed by atoms with van der Waals surface area (Å²) in [5.74, 6) is 1.05. The van der Waals surface area contributed by atoms with E-state index in [1.54, 1.807) is 7.11 Å². The van der Waals surface area contributed by atoms with E-state index in [4.69, 9.17) is 15.2 Å². The van der Waals surface area contributed by atoms with Crippen LogP contribution in [-0.2, 0) is 9.47 Å². The summed E-state index contributed by atoms with van der Waals surface area (Å²) in [6.07, 6.45) is 2.33. The lowest BCUT2D eigenvalue weighted by Crippen LogP contribution is -2.46. The number of hydrogen-bond donors (Lipinski definition) is 1. The first kappa shape index (κ1) is 12.0. The smallest absolute Gasteiger partial charge is 0.0747 e. The topological polar surface area (TPSA) is 44.5 Å². The highest BCUT2D eigenvalue weighted by Crippen LogP contribution is 2.23. The summed E-state index contributed by atoms with van der Waals surface area (Å²) >= 11 is 0. The van der Waals surface area contributed by atoms with Gasteiger partial charge in [-0.05, 0) is 24.7 Å². The molecule has 0 amide bonds. The largest absolute Gasteiger partial charge is 0.381 e. The summed E-state index contributed by atoms with van der Waals surface area (Å²) in [6.45, 7) is 6.03. The van der Waals surface area contributed by atoms with Crippen molar-refractivity contribution in [3.05, 3.63) is 0 Å². The Kier molecular flexibility index (Phi) is 4.85. The second kappa shape index (κ2) is 5.69. The lowest BCUT2D eigenvalue weighted by molar-refractivity contribution is -0.00414. The first-order valence-electron chi connectivity index (χ1n) is 5.53. The van der Waals surface area contributed by atoms with Gasteiger partial charge >= 0.3 is 0 Å². The molecule has 0 radical (unpaired) electrons. The number of ether oxygens (including phenoxy) is 2. The Morgan fingerprint density at radius 3 is 2.29 bits per heavy atom. The van der Waals surface area contributed by atoms with Crippen LogP contribution in [0, 0.1) is 11.8 Å². The molecule has 0 aromatic rings. The van der Waals surface area contributed by atoms with Crippen LogP contribution in [0.25, 0.3) is 0 Å². The zero-order valence-corrected chi connectivity index (χ0v) is 9.53. The summed E-state index contributed by atoms with van der Waals surface area (Å²) in [5.41, 5.74) is 6.22. The van der Waals surface area contributed by atoms with E-state index >= 15 is 0 Å². The molecule has 0 aromatic carbocycles. The Balaban J connectivity index is 2.47. The molecule has 2 N–H and O–H groups in total. The second-order valence-electron chi connectivity index (χ2n) is 4.47. The van der Waals surface area contributed by atoms with E-state index in [1.165, 1.54) is 0 Å². The van der Waals surface area contributed by atoms with Crippen molar-refractivity contribution in [2.24, 2.45) is 17.6 Å². The van der Waals surface area contributed by atoms with Crippen molar-refractivity contribution in [2.75, 3.05) is 20.3 Å². The standard InChI is InChI=1S/C11H23NO2/c1-8(2)11(13-3)10(12)9-4-6-14-7-5-9/h8-11H,4-7,12H2,1-3H3. The quantitative estimate of drug-likeness (QED) is 0.748. The van der Waals surface area contributed by atoms with Gasteiger partial charge in [0.05, 0.1) is 6.10 Å². The Morgan fingerprint density at radius 2 is 1.86 bits per heavy atom. The number of methoxy groups -OCH3 is 1. The molecule has 1 fully saturated rings. The molecule has 14 heavy (non-hydrogen) atoms. The van der Waals surface area contributed by atoms with Crippen molar-refractivity contribution in [1.82, 2.24) is 0 Å². The highest BCUT2D eigenvalue weighted by atomic mass is 16.5. The van der Waals surface area contributed by atoms with Crippen molar-refractivity contribution in [2.45, 2.75) is 38.8 Å². The van der Waals surface area contributed by atoms with Crippen LogP contribution < -0.4 is 5.73 Å². The SMILES string of the molecule is COC(C(C)C)C(N)C1CCOCC1. The molecule has 0 saturated carbocycles. The molecule has 1 saturated heterocycles. The van der Waals surface area contributed by atoms with Gasteiger partial charge < -0.3 is 15.2 Å². The van der Waals surface area contributed by atoms with Crippen molar-refractivity contribution in [1.29, 1.82) is 0 Å². The maximum Gasteiger partial charge on any atom is 0.0747 e. The van der Waals surface area contributed by atoms with Gasteiger partial charge in [-0.25, -0.2) is 0 Å². The molecule has 3 heteroatoms. The number of rotatable bonds is 4. The van der Waals surface area contributed by atoms with E-state index in [-0.39, 0.29) is 12.1 Å². The minimum absolute atomic E-state index is 0.156. The average molecular weight is 201 g/mol. The Bertz CT molecular complexity index is 155. The van der Waals surface area contributed by atoms with Crippen LogP contribution >= 0.6 is 0 Å². The molecule has 2 unspecified atom stereocenters. The maximum atomic E-state index is 6.22. The lowest BCUT2D eigenvalue weighted by atomic mass is 9.85. The molecule has 3 nitrogen and oxygen atoms in total. The fourth-order valence-electron chi connectivity index (χ4n) is 2.24. The molecular weight excluding hydrogens is 178 g/mol. The van der Waals surface area contributed by atoms with Crippen LogP contribution in [0.2, 0.25) is 0 Å². The van der Waals surface area contributed by atoms with E-state index < -0.39 is 0 Å². The van der Waals surface area contributed by atoms with Crippen molar-refractivity contribution >= 4 is 0 Å². The van der Waals surface area contributed by atoms with Gasteiger partial charge in [-0.2, -0.15) is 0 Å². The minimum Gasteiger partial charge on any atom is -0.381 e. The van der Waals surface area contributed by atoms with Gasteiger partial charge in [0.15, 0.2) is 0 Å². The molecule has 1 rings (SSSR count). The van der Waals surface area contributed by atoms with E-state index in [1.807, 2.05) is 0 Å². The second-order valence-corrected chi connectivity index (χ2v) is 4.47. The van der Waals surface area contributed by atoms with Crippen LogP contribution in [0.1, 0.15) is 26.7 Å². The van der Waals surface area contributed by atoms with E-state index in [9.17, 15) is 0 Å². The fourth-order valence-corrected chi connectivity index (χ4v) is 2.24. The number of nitrogens with two attached hydrogens (primary N) is 1. The van der Waals surface area contributed by atoms with Gasteiger partial charge in [0.25, 0.3) is 0 Å². The van der Waals surface area contributed by atoms with Crippen molar-refractivity contribution < 1.29 is 9.47 Å². The molecule has 1 aliphatic rings. The normalized spacial score (nSPS) is 23.8. The summed E-state index contributed by atoms with van der Waals surface area (Å²) in [7, 11) is 1.75. The van der Waals surface area contributed by atoms with E-state index in [0.717, 1.165) is 26.1 Å². The maximum absolute atomic E-state index is 6.22. The molecule has 84 valence electrons. The summed E-state index contributed by atoms with van der Waals surface area (Å²) in [4.78, 5) is 0. The zero-order chi connectivity index (χ0) is 10.6. The van der Waals surface area contributed by atoms with Gasteiger partial charge in [-0.3, -0.25) is 0 Å². The molecule has 0 aromatic heterocycles. The molecule has 0 bridgehead atoms. The van der Waals surface area contributed by atoms with Crippen molar-refractivity contribution in [3.8, 4) is 0 Å². The Hall–Kier alpha value is -0.120. The lowest BCUT2D eigenvalue weighted by Gasteiger charge is -2.34. The summed E-state index contributed by atoms with van der Waals surface area (Å²) in [6, 6.07) is 0.156. The molecular formula is C11H23NO2. The minimum atomic E-state index is 0.156. The zero-order valence-electron chi connectivity index (χ0n) is 9.53. The van der Waals surface area contributed by atoms with E-state index in [2.05, 4.69) is 13.8 Å². The van der Waals surface area contributed by atoms with Gasteiger partial charge in [-0.1, -0.05) is 13.8 Å². The fraction of sp³-hybridized carbons (Fsp3) is 1.00. The van der Waals surface area contributed by atoms with Crippen LogP contribution in [0.3, 0.4) is 0 Å². The van der Waals surface area contributed by atoms with E-state index in [0.29, 0.717) is 11.8 Å². The van der Waals surface area contributed by atoms with Crippen LogP contribution in [0.5, 0.6) is 0 Å². The Morgan fingerprint density at radius 1 is 1.29 bits per heavy atom. The van der Waals surface area contributed by atoms with Crippen molar-refractivity contribution in [3.63, 3.8) is 0 Å². The Labute approximate surface area is 86.9 Å². The molecule has 0 spiro atoms. The highest BCUT2D eigenvalue weighted by molar-refractivity contribution is 4.84. The first-order chi connectivity index (χ1) is 6.66. The predicted molar refractivity (Wildman–Crippen MR) is 57.2 cm³/mol. The van der Waals surface area contributed by atoms with Gasteiger partial charge in [0.1, 0.15) is 0 Å². The first-order valence-corrected chi connectivity index (χ1v) is 5.53. The third-order valence-corrected chi connectivity index (χ3v) is 3.12. The predicted octanol–water partition coefficient (Wildman–Crippen LogP) is 1.41. The molecule has 1 aliphatic heterocycles. The van der Waals surface area contributed by atoms with Gasteiger partial charge in [0.2, 0.25) is 0 Å². The monoisotopic (exact) mass is 201 g/mol. The van der Waals surface area contributed by atoms with Crippen LogP contribution in [-0.4, -0.2) is 32.5 Å². The molecule has 2 atom stereocenters. The summed E-state index contributed by atoms with van der Waals surface area (Å²) in [5, 5.41) is 0. The molecule has 0 aliphatic carbocycles. The van der Waals surface area contributed by atoms with Crippen LogP contribution in [0.15, 0.2) is 0 Å². The number of hydrogen-bond acceptors (Lipinski definition) is 3. The van der Waals surface area contributed by atoms with Crippen LogP contribution in [0.4, 0.5) is 0 Å². The average Bonchev–Trinajstić information content (AvgIpc) is 2.19. The van der Waals surface area contributed by atoms with Gasteiger partial charge in [-0.15, -0.1) is 0 Å². The highest BCUT2D eigenvalue weighted by Gasteiger charge is 2.29. The summed E-state index contributed by atoms with van der Waals surface area (Å²) < 4.78 is 10.8.